The molecular weight excluding hydrogens is 272 g/mol. The van der Waals surface area contributed by atoms with Gasteiger partial charge in [0.15, 0.2) is 5.69 Å². The van der Waals surface area contributed by atoms with Crippen LogP contribution in [0, 0.1) is 0 Å². The number of alkyl halides is 2. The van der Waals surface area contributed by atoms with Crippen molar-refractivity contribution in [1.29, 1.82) is 0 Å². The first-order valence-electron chi connectivity index (χ1n) is 6.41. The summed E-state index contributed by atoms with van der Waals surface area (Å²) in [6, 6.07) is 0.171. The summed E-state index contributed by atoms with van der Waals surface area (Å²) in [5, 5.41) is 21.2. The Kier molecular flexibility index (Phi) is 4.61. The molecule has 9 heteroatoms. The van der Waals surface area contributed by atoms with E-state index in [0.717, 1.165) is 25.9 Å². The lowest BCUT2D eigenvalue weighted by molar-refractivity contribution is -0.0462. The van der Waals surface area contributed by atoms with Crippen molar-refractivity contribution >= 4 is 5.91 Å². The van der Waals surface area contributed by atoms with Gasteiger partial charge in [0.25, 0.3) is 11.8 Å². The van der Waals surface area contributed by atoms with Crippen LogP contribution in [0.25, 0.3) is 0 Å². The molecule has 0 aliphatic carbocycles. The standard InChI is InChI=1S/C11H17F2N5O2/c12-11(13,7-19)6-15-10(20)9-5-18(17-16-9)8-1-3-14-4-2-8/h5,8,14,19H,1-4,6-7H2,(H,15,20). The maximum Gasteiger partial charge on any atom is 0.287 e. The molecule has 2 rings (SSSR count). The molecule has 1 aliphatic rings. The number of rotatable bonds is 5. The van der Waals surface area contributed by atoms with Gasteiger partial charge < -0.3 is 15.7 Å². The normalized spacial score (nSPS) is 17.1. The van der Waals surface area contributed by atoms with Gasteiger partial charge >= 0.3 is 0 Å². The minimum Gasteiger partial charge on any atom is -0.390 e. The summed E-state index contributed by atoms with van der Waals surface area (Å²) in [5.74, 6) is -4.06. The molecule has 1 saturated heterocycles. The fraction of sp³-hybridized carbons (Fsp3) is 0.727. The Hall–Kier alpha value is -1.61. The van der Waals surface area contributed by atoms with Gasteiger partial charge in [0, 0.05) is 0 Å². The number of nitrogens with one attached hydrogen (secondary N) is 2. The quantitative estimate of drug-likeness (QED) is 0.683. The molecule has 0 aromatic carbocycles. The van der Waals surface area contributed by atoms with Gasteiger partial charge in [-0.25, -0.2) is 13.5 Å². The highest BCUT2D eigenvalue weighted by molar-refractivity contribution is 5.91. The molecule has 7 nitrogen and oxygen atoms in total. The number of halogens is 2. The Labute approximate surface area is 114 Å². The van der Waals surface area contributed by atoms with Gasteiger partial charge in [0.1, 0.15) is 6.61 Å². The van der Waals surface area contributed by atoms with Crippen LogP contribution >= 0.6 is 0 Å². The van der Waals surface area contributed by atoms with E-state index in [0.29, 0.717) is 0 Å². The van der Waals surface area contributed by atoms with Crippen LogP contribution in [0.15, 0.2) is 6.20 Å². The van der Waals surface area contributed by atoms with Gasteiger partial charge in [0.2, 0.25) is 0 Å². The molecule has 0 bridgehead atoms. The van der Waals surface area contributed by atoms with Crippen LogP contribution in [0.2, 0.25) is 0 Å². The van der Waals surface area contributed by atoms with E-state index in [9.17, 15) is 13.6 Å². The Bertz CT molecular complexity index is 459. The lowest BCUT2D eigenvalue weighted by Crippen LogP contribution is -2.39. The van der Waals surface area contributed by atoms with Gasteiger partial charge in [-0.15, -0.1) is 5.10 Å². The van der Waals surface area contributed by atoms with Crippen LogP contribution in [-0.2, 0) is 0 Å². The van der Waals surface area contributed by atoms with Gasteiger partial charge in [-0.1, -0.05) is 5.21 Å². The van der Waals surface area contributed by atoms with Crippen LogP contribution in [0.5, 0.6) is 0 Å². The molecule has 0 saturated carbocycles. The fourth-order valence-corrected chi connectivity index (χ4v) is 1.99. The van der Waals surface area contributed by atoms with Gasteiger partial charge in [-0.05, 0) is 25.9 Å². The van der Waals surface area contributed by atoms with Crippen LogP contribution in [0.3, 0.4) is 0 Å². The molecule has 1 aromatic rings. The molecule has 0 radical (unpaired) electrons. The maximum atomic E-state index is 12.8. The predicted molar refractivity (Wildman–Crippen MR) is 65.5 cm³/mol. The molecule has 20 heavy (non-hydrogen) atoms. The summed E-state index contributed by atoms with van der Waals surface area (Å²) in [6.07, 6.45) is 3.22. The second-order valence-corrected chi connectivity index (χ2v) is 4.76. The Morgan fingerprint density at radius 2 is 2.25 bits per heavy atom. The number of hydrogen-bond acceptors (Lipinski definition) is 5. The van der Waals surface area contributed by atoms with E-state index < -0.39 is 25.0 Å². The van der Waals surface area contributed by atoms with Crippen molar-refractivity contribution in [1.82, 2.24) is 25.6 Å². The Morgan fingerprint density at radius 1 is 1.55 bits per heavy atom. The van der Waals surface area contributed by atoms with Crippen molar-refractivity contribution in [2.45, 2.75) is 24.8 Å². The number of aliphatic hydroxyl groups excluding tert-OH is 1. The van der Waals surface area contributed by atoms with Gasteiger partial charge in [0.05, 0.1) is 18.8 Å². The molecule has 112 valence electrons. The first-order chi connectivity index (χ1) is 9.52. The molecule has 0 unspecified atom stereocenters. The number of aliphatic hydroxyl groups is 1. The molecule has 2 heterocycles. The van der Waals surface area contributed by atoms with E-state index >= 15 is 0 Å². The van der Waals surface area contributed by atoms with Crippen LogP contribution in [0.1, 0.15) is 29.4 Å². The number of hydrogen-bond donors (Lipinski definition) is 3. The second-order valence-electron chi connectivity index (χ2n) is 4.76. The van der Waals surface area contributed by atoms with Gasteiger partial charge in [-0.2, -0.15) is 0 Å². The highest BCUT2D eigenvalue weighted by Gasteiger charge is 2.29. The SMILES string of the molecule is O=C(NCC(F)(F)CO)c1cn(C2CCNCC2)nn1. The molecule has 1 fully saturated rings. The number of carbonyl (C=O) groups excluding carboxylic acids is 1. The van der Waals surface area contributed by atoms with Crippen LogP contribution < -0.4 is 10.6 Å². The minimum atomic E-state index is -3.33. The average molecular weight is 289 g/mol. The lowest BCUT2D eigenvalue weighted by Gasteiger charge is -2.22. The molecule has 0 atom stereocenters. The van der Waals surface area contributed by atoms with Crippen molar-refractivity contribution in [2.75, 3.05) is 26.2 Å². The van der Waals surface area contributed by atoms with Crippen molar-refractivity contribution in [3.63, 3.8) is 0 Å². The van der Waals surface area contributed by atoms with E-state index in [-0.39, 0.29) is 11.7 Å². The summed E-state index contributed by atoms with van der Waals surface area (Å²) >= 11 is 0. The van der Waals surface area contributed by atoms with Crippen molar-refractivity contribution < 1.29 is 18.7 Å². The third kappa shape index (κ3) is 3.70. The molecule has 1 amide bonds. The number of carbonyl (C=O) groups is 1. The molecule has 1 aromatic heterocycles. The Balaban J connectivity index is 1.92. The second kappa shape index (κ2) is 6.23. The highest BCUT2D eigenvalue weighted by atomic mass is 19.3. The summed E-state index contributed by atoms with van der Waals surface area (Å²) in [6.45, 7) is -0.499. The third-order valence-corrected chi connectivity index (χ3v) is 3.16. The largest absolute Gasteiger partial charge is 0.390 e. The third-order valence-electron chi connectivity index (χ3n) is 3.16. The highest BCUT2D eigenvalue weighted by Crippen LogP contribution is 2.17. The van der Waals surface area contributed by atoms with Crippen LogP contribution in [-0.4, -0.2) is 58.2 Å². The average Bonchev–Trinajstić information content (AvgIpc) is 2.96. The Morgan fingerprint density at radius 3 is 2.90 bits per heavy atom. The zero-order valence-corrected chi connectivity index (χ0v) is 10.9. The number of aromatic nitrogens is 3. The smallest absolute Gasteiger partial charge is 0.287 e. The first-order valence-corrected chi connectivity index (χ1v) is 6.41. The van der Waals surface area contributed by atoms with Crippen molar-refractivity contribution in [2.24, 2.45) is 0 Å². The zero-order valence-electron chi connectivity index (χ0n) is 10.9. The van der Waals surface area contributed by atoms with Gasteiger partial charge in [-0.3, -0.25) is 4.79 Å². The number of nitrogens with zero attached hydrogens (tertiary/aromatic N) is 3. The summed E-state index contributed by atoms with van der Waals surface area (Å²) in [5.41, 5.74) is -0.00253. The van der Waals surface area contributed by atoms with E-state index in [2.05, 4.69) is 15.6 Å². The fourth-order valence-electron chi connectivity index (χ4n) is 1.99. The first kappa shape index (κ1) is 14.8. The molecular formula is C11H17F2N5O2. The van der Waals surface area contributed by atoms with Crippen molar-refractivity contribution in [3.05, 3.63) is 11.9 Å². The minimum absolute atomic E-state index is 0.00253. The van der Waals surface area contributed by atoms with E-state index in [1.807, 2.05) is 5.32 Å². The van der Waals surface area contributed by atoms with E-state index in [1.54, 1.807) is 4.68 Å². The summed E-state index contributed by atoms with van der Waals surface area (Å²) in [7, 11) is 0. The molecule has 3 N–H and O–H groups in total. The zero-order chi connectivity index (χ0) is 14.6. The monoisotopic (exact) mass is 289 g/mol. The maximum absolute atomic E-state index is 12.8. The number of amides is 1. The molecule has 0 spiro atoms. The lowest BCUT2D eigenvalue weighted by atomic mass is 10.1. The van der Waals surface area contributed by atoms with E-state index in [4.69, 9.17) is 5.11 Å². The predicted octanol–water partition coefficient (Wildman–Crippen LogP) is -0.440. The van der Waals surface area contributed by atoms with E-state index in [1.165, 1.54) is 6.20 Å². The molecule has 1 aliphatic heterocycles. The number of piperidine rings is 1. The van der Waals surface area contributed by atoms with Crippen molar-refractivity contribution in [3.8, 4) is 0 Å². The topological polar surface area (TPSA) is 92.1 Å². The summed E-state index contributed by atoms with van der Waals surface area (Å²) < 4.78 is 27.2. The summed E-state index contributed by atoms with van der Waals surface area (Å²) in [4.78, 5) is 11.6. The van der Waals surface area contributed by atoms with Crippen LogP contribution in [0.4, 0.5) is 8.78 Å².